The van der Waals surface area contributed by atoms with Gasteiger partial charge in [0.25, 0.3) is 0 Å². The number of para-hydroxylation sites is 14. The lowest BCUT2D eigenvalue weighted by Gasteiger charge is -2.43. The normalized spacial score (nSPS) is 12.8. The molecule has 1 N–H and O–H groups in total. The van der Waals surface area contributed by atoms with Gasteiger partial charge >= 0.3 is 0 Å². The Bertz CT molecular complexity index is 7370. The number of allylic oxidation sites excluding steroid dienone is 1. The fourth-order valence-electron chi connectivity index (χ4n) is 17.6. The summed E-state index contributed by atoms with van der Waals surface area (Å²) >= 11 is 0. The molecule has 0 aliphatic heterocycles. The van der Waals surface area contributed by atoms with E-state index in [1.807, 2.05) is 0 Å². The first kappa shape index (κ1) is 90.7. The van der Waals surface area contributed by atoms with Crippen LogP contribution in [0.3, 0.4) is 0 Å². The Morgan fingerprint density at radius 2 is 0.367 bits per heavy atom. The van der Waals surface area contributed by atoms with Crippen molar-refractivity contribution in [1.29, 1.82) is 0 Å². The molecule has 1 aliphatic rings. The molecule has 0 bridgehead atoms. The minimum absolute atomic E-state index is 0.0502. The van der Waals surface area contributed by atoms with Crippen molar-refractivity contribution in [3.8, 4) is 0 Å². The maximum Gasteiger partial charge on any atom is 0.150 e. The summed E-state index contributed by atoms with van der Waals surface area (Å²) in [6, 6.07) is 91.9. The van der Waals surface area contributed by atoms with Crippen LogP contribution < -0.4 is 44.5 Å². The molecule has 1 atom stereocenters. The Labute approximate surface area is 787 Å². The third kappa shape index (κ3) is 17.9. The predicted molar refractivity (Wildman–Crippen MR) is 516 cm³/mol. The number of benzene rings is 18. The maximum absolute atomic E-state index is 18.4. The quantitative estimate of drug-likeness (QED) is 0.0507. The van der Waals surface area contributed by atoms with E-state index >= 15 is 70.2 Å². The number of anilines is 23. The Morgan fingerprint density at radius 3 is 0.655 bits per heavy atom. The molecule has 0 heterocycles. The summed E-state index contributed by atoms with van der Waals surface area (Å²) in [5, 5.41) is 3.12. The van der Waals surface area contributed by atoms with E-state index in [0.717, 1.165) is 175 Å². The number of hydrogen-bond donors (Lipinski definition) is 1. The summed E-state index contributed by atoms with van der Waals surface area (Å²) in [6.45, 7) is 0. The van der Waals surface area contributed by atoms with Crippen LogP contribution in [0.5, 0.6) is 0 Å². The third-order valence-corrected chi connectivity index (χ3v) is 23.5. The summed E-state index contributed by atoms with van der Waals surface area (Å²) in [7, 11) is 0. The average Bonchev–Trinajstić information content (AvgIpc) is 0.730. The van der Waals surface area contributed by atoms with Crippen molar-refractivity contribution >= 4 is 131 Å². The van der Waals surface area contributed by atoms with Gasteiger partial charge in [-0.25, -0.2) is 70.2 Å². The fourth-order valence-corrected chi connectivity index (χ4v) is 17.6. The zero-order valence-corrected chi connectivity index (χ0v) is 72.7. The predicted octanol–water partition coefficient (Wildman–Crippen LogP) is 33.9. The zero-order valence-electron chi connectivity index (χ0n) is 72.7. The van der Waals surface area contributed by atoms with E-state index in [-0.39, 0.29) is 90.9 Å². The molecule has 0 saturated heterocycles. The van der Waals surface area contributed by atoms with Gasteiger partial charge in [-0.15, -0.1) is 0 Å². The summed E-state index contributed by atoms with van der Waals surface area (Å²) < 4.78 is 281. The van der Waals surface area contributed by atoms with Crippen LogP contribution in [0.15, 0.2) is 436 Å². The van der Waals surface area contributed by atoms with Crippen molar-refractivity contribution in [2.24, 2.45) is 0 Å². The van der Waals surface area contributed by atoms with Gasteiger partial charge in [0.15, 0.2) is 0 Å². The minimum atomic E-state index is -2.35. The van der Waals surface area contributed by atoms with Crippen molar-refractivity contribution in [1.82, 2.24) is 0 Å². The van der Waals surface area contributed by atoms with Crippen molar-refractivity contribution < 1.29 is 70.2 Å². The van der Waals surface area contributed by atoms with Gasteiger partial charge in [-0.2, -0.15) is 0 Å². The topological polar surface area (TPSA) is 38.0 Å². The Kier molecular flexibility index (Phi) is 25.3. The smallest absolute Gasteiger partial charge is 0.150 e. The highest BCUT2D eigenvalue weighted by Gasteiger charge is 2.43. The molecule has 0 saturated carbocycles. The van der Waals surface area contributed by atoms with E-state index < -0.39 is 151 Å². The van der Waals surface area contributed by atoms with Crippen LogP contribution in [-0.4, -0.2) is 0 Å². The molecule has 686 valence electrons. The summed E-state index contributed by atoms with van der Waals surface area (Å²) in [5.41, 5.74) is -9.82. The van der Waals surface area contributed by atoms with Crippen LogP contribution in [-0.2, 0) is 5.54 Å². The van der Waals surface area contributed by atoms with E-state index in [1.165, 1.54) is 151 Å². The molecule has 0 amide bonds. The Balaban J connectivity index is 0.890. The molecule has 25 heteroatoms. The molecule has 0 spiro atoms. The molecule has 0 radical (unpaired) electrons. The number of nitrogens with one attached hydrogen (secondary N) is 1. The van der Waals surface area contributed by atoms with Gasteiger partial charge < -0.3 is 44.5 Å². The van der Waals surface area contributed by atoms with Crippen LogP contribution in [0.4, 0.5) is 201 Å². The SMILES string of the molecule is Fc1cccc(F)c1NC1(c2cccc(N(c3cc(N(c4ccccc4)c4ccccc4)cc(N(c4cccc(N(c5cc(N(c6ccccc6)c6c(F)cccc6F)cc(N(c6ccccc6)c6c(F)cccc6F)c5)c5c(F)cccc5F)c4)c4c(F)cccc4F)c3)c3c(F)cccc3F)c2)C=C(N(c2ccccc2)c2c(F)cccc2F)C=C(N(c2ccccc2)c2c(F)cccc2F)C1. The Morgan fingerprint density at radius 1 is 0.173 bits per heavy atom. The van der Waals surface area contributed by atoms with Crippen molar-refractivity contribution in [3.05, 3.63) is 535 Å². The van der Waals surface area contributed by atoms with Gasteiger partial charge in [0.1, 0.15) is 139 Å². The second-order valence-electron chi connectivity index (χ2n) is 32.2. The molecule has 18 aromatic rings. The van der Waals surface area contributed by atoms with Crippen molar-refractivity contribution in [2.75, 3.05) is 44.5 Å². The second kappa shape index (κ2) is 38.8. The average molecular weight is 1870 g/mol. The van der Waals surface area contributed by atoms with Crippen LogP contribution >= 0.6 is 0 Å². The van der Waals surface area contributed by atoms with Crippen LogP contribution in [0.2, 0.25) is 0 Å². The number of nitrogens with zero attached hydrogens (tertiary/aromatic N) is 8. The fraction of sp³-hybridized carbons (Fsp3) is 0.0175. The molecule has 139 heavy (non-hydrogen) atoms. The molecular formula is C114H73F16N9. The highest BCUT2D eigenvalue weighted by molar-refractivity contribution is 5.95. The van der Waals surface area contributed by atoms with Gasteiger partial charge in [0.05, 0.1) is 39.7 Å². The first-order valence-electron chi connectivity index (χ1n) is 43.5. The van der Waals surface area contributed by atoms with Gasteiger partial charge in [-0.1, -0.05) is 176 Å². The van der Waals surface area contributed by atoms with Crippen molar-refractivity contribution in [3.63, 3.8) is 0 Å². The van der Waals surface area contributed by atoms with Crippen LogP contribution in [0.1, 0.15) is 12.0 Å². The van der Waals surface area contributed by atoms with E-state index in [1.54, 1.807) is 138 Å². The molecule has 1 unspecified atom stereocenters. The van der Waals surface area contributed by atoms with Gasteiger partial charge in [-0.05, 0) is 254 Å². The molecule has 9 nitrogen and oxygen atoms in total. The molecule has 18 aromatic carbocycles. The van der Waals surface area contributed by atoms with E-state index in [4.69, 9.17) is 0 Å². The number of halogens is 16. The monoisotopic (exact) mass is 1870 g/mol. The van der Waals surface area contributed by atoms with Gasteiger partial charge in [0, 0.05) is 69.0 Å². The first-order chi connectivity index (χ1) is 67.6. The summed E-state index contributed by atoms with van der Waals surface area (Å²) in [4.78, 5) is 9.56. The van der Waals surface area contributed by atoms with Crippen molar-refractivity contribution in [2.45, 2.75) is 12.0 Å². The standard InChI is InChI=1S/C114H73F16N9/c115-90-45-21-46-91(116)106(90)131-114(70-88(135(77-38-15-5-16-39-77)109-96(121)51-24-52-97(109)122)69-89(71-114)136(78-40-17-6-18-41-78)110-98(123)53-25-54-99(110)124)72-29-19-42-79(61-72)137(111-100(125)55-26-56-101(111)126)85-63-82(132(73-30-7-1-8-31-73)74-32-9-2-10-33-74)64-86(68-85)138(112-102(127)57-27-58-103(112)128)80-43-20-44-81(62-80)139(113-104(129)59-28-60-105(113)130)87-66-83(133(75-34-11-3-12-35-75)107-92(117)47-22-48-93(107)118)65-84(67-87)134(76-36-13-4-14-37-76)108-94(119)49-23-50-95(108)120/h1-70,131H,71H2. The summed E-state index contributed by atoms with van der Waals surface area (Å²) in [6.07, 6.45) is 2.13. The molecule has 19 rings (SSSR count). The number of hydrogen-bond acceptors (Lipinski definition) is 9. The van der Waals surface area contributed by atoms with E-state index in [0.29, 0.717) is 11.4 Å². The minimum Gasteiger partial charge on any atom is -0.367 e. The van der Waals surface area contributed by atoms with E-state index in [9.17, 15) is 0 Å². The largest absolute Gasteiger partial charge is 0.367 e. The second-order valence-corrected chi connectivity index (χ2v) is 32.2. The molecular weight excluding hydrogens is 1800 g/mol. The molecule has 0 fully saturated rings. The summed E-state index contributed by atoms with van der Waals surface area (Å²) in [5.74, 6) is -18.9. The highest BCUT2D eigenvalue weighted by atomic mass is 19.2. The van der Waals surface area contributed by atoms with E-state index in [2.05, 4.69) is 5.32 Å². The lowest BCUT2D eigenvalue weighted by molar-refractivity contribution is 0.541. The Hall–Kier alpha value is -17.5. The van der Waals surface area contributed by atoms with Crippen LogP contribution in [0.25, 0.3) is 0 Å². The highest BCUT2D eigenvalue weighted by Crippen LogP contribution is 2.55. The molecule has 0 aromatic heterocycles. The van der Waals surface area contributed by atoms with Crippen LogP contribution in [0, 0.1) is 93.1 Å². The lowest BCUT2D eigenvalue weighted by Crippen LogP contribution is -2.41. The van der Waals surface area contributed by atoms with Gasteiger partial charge in [-0.3, -0.25) is 0 Å². The lowest BCUT2D eigenvalue weighted by atomic mass is 9.79. The number of rotatable bonds is 27. The zero-order chi connectivity index (χ0) is 96.3. The van der Waals surface area contributed by atoms with Gasteiger partial charge in [0.2, 0.25) is 0 Å². The third-order valence-electron chi connectivity index (χ3n) is 23.5. The maximum atomic E-state index is 18.4. The first-order valence-corrected chi connectivity index (χ1v) is 43.5. The molecule has 1 aliphatic carbocycles.